The summed E-state index contributed by atoms with van der Waals surface area (Å²) in [7, 11) is 3.92. The SMILES string of the molecule is CN(C)c1cccc(C(=O)N2CCc3nc(NC(=O)c4ccsc4)sc3C2)c1. The molecule has 2 amide bonds. The monoisotopic (exact) mass is 412 g/mol. The first-order chi connectivity index (χ1) is 13.5. The molecule has 0 aliphatic carbocycles. The molecule has 1 aliphatic rings. The van der Waals surface area contributed by atoms with Crippen molar-refractivity contribution in [2.24, 2.45) is 0 Å². The van der Waals surface area contributed by atoms with Crippen LogP contribution < -0.4 is 10.2 Å². The van der Waals surface area contributed by atoms with E-state index in [9.17, 15) is 9.59 Å². The molecule has 1 aromatic carbocycles. The minimum absolute atomic E-state index is 0.0200. The van der Waals surface area contributed by atoms with Crippen molar-refractivity contribution in [2.45, 2.75) is 13.0 Å². The minimum atomic E-state index is -0.152. The molecule has 0 saturated heterocycles. The number of fused-ring (bicyclic) bond motifs is 1. The largest absolute Gasteiger partial charge is 0.378 e. The standard InChI is InChI=1S/C20H20N4O2S2/c1-23(2)15-5-3-4-13(10-15)19(26)24-8-6-16-17(11-24)28-20(21-16)22-18(25)14-7-9-27-12-14/h3-5,7,9-10,12H,6,8,11H2,1-2H3,(H,21,22,25). The van der Waals surface area contributed by atoms with Gasteiger partial charge in [0.15, 0.2) is 5.13 Å². The summed E-state index contributed by atoms with van der Waals surface area (Å²) in [5.41, 5.74) is 3.29. The van der Waals surface area contributed by atoms with Crippen LogP contribution in [0.4, 0.5) is 10.8 Å². The second-order valence-corrected chi connectivity index (χ2v) is 8.64. The molecule has 144 valence electrons. The van der Waals surface area contributed by atoms with Gasteiger partial charge in [0.25, 0.3) is 11.8 Å². The maximum atomic E-state index is 12.9. The lowest BCUT2D eigenvalue weighted by atomic mass is 10.1. The highest BCUT2D eigenvalue weighted by Gasteiger charge is 2.25. The Balaban J connectivity index is 1.47. The zero-order valence-corrected chi connectivity index (χ0v) is 17.3. The van der Waals surface area contributed by atoms with Gasteiger partial charge in [-0.2, -0.15) is 11.3 Å². The molecule has 6 nitrogen and oxygen atoms in total. The molecule has 0 atom stereocenters. The fourth-order valence-electron chi connectivity index (χ4n) is 3.08. The molecular weight excluding hydrogens is 392 g/mol. The van der Waals surface area contributed by atoms with Crippen molar-refractivity contribution in [2.75, 3.05) is 30.9 Å². The minimum Gasteiger partial charge on any atom is -0.378 e. The maximum Gasteiger partial charge on any atom is 0.258 e. The van der Waals surface area contributed by atoms with Crippen molar-refractivity contribution in [3.63, 3.8) is 0 Å². The third kappa shape index (κ3) is 3.79. The predicted octanol–water partition coefficient (Wildman–Crippen LogP) is 3.72. The Morgan fingerprint density at radius 3 is 2.82 bits per heavy atom. The first-order valence-electron chi connectivity index (χ1n) is 8.90. The van der Waals surface area contributed by atoms with Gasteiger partial charge in [-0.25, -0.2) is 4.98 Å². The topological polar surface area (TPSA) is 65.5 Å². The van der Waals surface area contributed by atoms with Crippen molar-refractivity contribution in [1.82, 2.24) is 9.88 Å². The molecule has 0 saturated carbocycles. The van der Waals surface area contributed by atoms with E-state index < -0.39 is 0 Å². The number of rotatable bonds is 4. The highest BCUT2D eigenvalue weighted by molar-refractivity contribution is 7.16. The molecule has 0 fully saturated rings. The number of thiazole rings is 1. The summed E-state index contributed by atoms with van der Waals surface area (Å²) >= 11 is 2.93. The summed E-state index contributed by atoms with van der Waals surface area (Å²) in [6.45, 7) is 1.14. The highest BCUT2D eigenvalue weighted by Crippen LogP contribution is 2.29. The zero-order chi connectivity index (χ0) is 19.7. The number of hydrogen-bond acceptors (Lipinski definition) is 6. The lowest BCUT2D eigenvalue weighted by molar-refractivity contribution is 0.0736. The second kappa shape index (κ2) is 7.73. The molecule has 0 spiro atoms. The summed E-state index contributed by atoms with van der Waals surface area (Å²) < 4.78 is 0. The number of benzene rings is 1. The number of carbonyl (C=O) groups is 2. The number of amides is 2. The number of anilines is 2. The van der Waals surface area contributed by atoms with Gasteiger partial charge in [0.2, 0.25) is 0 Å². The Morgan fingerprint density at radius 1 is 1.21 bits per heavy atom. The summed E-state index contributed by atoms with van der Waals surface area (Å²) in [6.07, 6.45) is 0.694. The van der Waals surface area contributed by atoms with Gasteiger partial charge in [0.1, 0.15) is 0 Å². The third-order valence-electron chi connectivity index (χ3n) is 4.63. The summed E-state index contributed by atoms with van der Waals surface area (Å²) in [6, 6.07) is 9.44. The second-order valence-electron chi connectivity index (χ2n) is 6.78. The molecule has 3 heterocycles. The van der Waals surface area contributed by atoms with E-state index in [0.29, 0.717) is 35.8 Å². The van der Waals surface area contributed by atoms with E-state index in [0.717, 1.165) is 16.3 Å². The van der Waals surface area contributed by atoms with Crippen LogP contribution in [0.25, 0.3) is 0 Å². The molecule has 4 rings (SSSR count). The summed E-state index contributed by atoms with van der Waals surface area (Å²) in [4.78, 5) is 34.6. The molecule has 2 aromatic heterocycles. The van der Waals surface area contributed by atoms with Crippen LogP contribution in [0.3, 0.4) is 0 Å². The first-order valence-corrected chi connectivity index (χ1v) is 10.7. The maximum absolute atomic E-state index is 12.9. The van der Waals surface area contributed by atoms with Crippen molar-refractivity contribution in [3.05, 3.63) is 62.8 Å². The number of nitrogens with zero attached hydrogens (tertiary/aromatic N) is 3. The lowest BCUT2D eigenvalue weighted by Gasteiger charge is -2.26. The Labute approximate surface area is 171 Å². The lowest BCUT2D eigenvalue weighted by Crippen LogP contribution is -2.35. The number of hydrogen-bond donors (Lipinski definition) is 1. The third-order valence-corrected chi connectivity index (χ3v) is 6.31. The number of aromatic nitrogens is 1. The van der Waals surface area contributed by atoms with Crippen LogP contribution in [0, 0.1) is 0 Å². The first kappa shape index (κ1) is 18.6. The van der Waals surface area contributed by atoms with Gasteiger partial charge < -0.3 is 9.80 Å². The van der Waals surface area contributed by atoms with E-state index in [2.05, 4.69) is 10.3 Å². The zero-order valence-electron chi connectivity index (χ0n) is 15.6. The molecule has 1 aliphatic heterocycles. The molecule has 0 radical (unpaired) electrons. The Morgan fingerprint density at radius 2 is 2.07 bits per heavy atom. The Hall–Kier alpha value is -2.71. The number of nitrogens with one attached hydrogen (secondary N) is 1. The van der Waals surface area contributed by atoms with E-state index in [4.69, 9.17) is 0 Å². The predicted molar refractivity (Wildman–Crippen MR) is 114 cm³/mol. The smallest absolute Gasteiger partial charge is 0.258 e. The molecule has 1 N–H and O–H groups in total. The molecule has 28 heavy (non-hydrogen) atoms. The Kier molecular flexibility index (Phi) is 5.15. The summed E-state index contributed by atoms with van der Waals surface area (Å²) in [5.74, 6) is -0.132. The molecule has 0 unspecified atom stereocenters. The van der Waals surface area contributed by atoms with Gasteiger partial charge >= 0.3 is 0 Å². The molecule has 0 bridgehead atoms. The van der Waals surface area contributed by atoms with Gasteiger partial charge in [-0.05, 0) is 29.6 Å². The van der Waals surface area contributed by atoms with E-state index in [1.807, 2.05) is 58.9 Å². The fourth-order valence-corrected chi connectivity index (χ4v) is 4.74. The van der Waals surface area contributed by atoms with Gasteiger partial charge in [-0.15, -0.1) is 0 Å². The van der Waals surface area contributed by atoms with Crippen molar-refractivity contribution >= 4 is 45.3 Å². The Bertz CT molecular complexity index is 1010. The van der Waals surface area contributed by atoms with Crippen LogP contribution in [0.2, 0.25) is 0 Å². The van der Waals surface area contributed by atoms with Crippen molar-refractivity contribution < 1.29 is 9.59 Å². The number of thiophene rings is 1. The van der Waals surface area contributed by atoms with E-state index >= 15 is 0 Å². The summed E-state index contributed by atoms with van der Waals surface area (Å²) in [5, 5.41) is 7.13. The van der Waals surface area contributed by atoms with Gasteiger partial charge in [-0.3, -0.25) is 14.9 Å². The molecule has 8 heteroatoms. The normalized spacial score (nSPS) is 13.1. The fraction of sp³-hybridized carbons (Fsp3) is 0.250. The molecular formula is C20H20N4O2S2. The quantitative estimate of drug-likeness (QED) is 0.709. The molecule has 3 aromatic rings. The van der Waals surface area contributed by atoms with Crippen molar-refractivity contribution in [3.8, 4) is 0 Å². The van der Waals surface area contributed by atoms with E-state index in [-0.39, 0.29) is 11.8 Å². The highest BCUT2D eigenvalue weighted by atomic mass is 32.1. The average molecular weight is 413 g/mol. The van der Waals surface area contributed by atoms with E-state index in [1.54, 1.807) is 6.07 Å². The van der Waals surface area contributed by atoms with Gasteiger partial charge in [-0.1, -0.05) is 17.4 Å². The van der Waals surface area contributed by atoms with E-state index in [1.165, 1.54) is 22.7 Å². The van der Waals surface area contributed by atoms with Gasteiger partial charge in [0.05, 0.1) is 17.8 Å². The number of carbonyl (C=O) groups excluding carboxylic acids is 2. The van der Waals surface area contributed by atoms with Crippen LogP contribution in [0.15, 0.2) is 41.1 Å². The van der Waals surface area contributed by atoms with Crippen LogP contribution in [-0.2, 0) is 13.0 Å². The van der Waals surface area contributed by atoms with Crippen LogP contribution in [0.1, 0.15) is 31.3 Å². The van der Waals surface area contributed by atoms with Crippen LogP contribution >= 0.6 is 22.7 Å². The average Bonchev–Trinajstić information content (AvgIpc) is 3.36. The van der Waals surface area contributed by atoms with Crippen LogP contribution in [-0.4, -0.2) is 42.3 Å². The van der Waals surface area contributed by atoms with Crippen LogP contribution in [0.5, 0.6) is 0 Å². The van der Waals surface area contributed by atoms with Gasteiger partial charge in [0, 0.05) is 48.6 Å². The van der Waals surface area contributed by atoms with Crippen molar-refractivity contribution in [1.29, 1.82) is 0 Å².